The maximum absolute atomic E-state index is 13.0. The summed E-state index contributed by atoms with van der Waals surface area (Å²) in [5.74, 6) is 0.698. The van der Waals surface area contributed by atoms with Crippen molar-refractivity contribution < 1.29 is 34.7 Å². The maximum atomic E-state index is 13.0. The SMILES string of the molecule is O=C1CC2(CCNCC2)Oc2ccc(Cc3cc(C4OC(CO)C(O)C(O)C4O)ccc3Cl)cc21. The average molecular weight is 504 g/mol. The molecule has 0 saturated carbocycles. The molecule has 2 aromatic rings. The molecule has 5 unspecified atom stereocenters. The summed E-state index contributed by atoms with van der Waals surface area (Å²) in [5.41, 5.74) is 2.36. The molecule has 0 aromatic heterocycles. The maximum Gasteiger partial charge on any atom is 0.170 e. The van der Waals surface area contributed by atoms with Crippen molar-refractivity contribution >= 4 is 17.4 Å². The lowest BCUT2D eigenvalue weighted by molar-refractivity contribution is -0.231. The van der Waals surface area contributed by atoms with Gasteiger partial charge in [0.05, 0.1) is 18.6 Å². The second-order valence-corrected chi connectivity index (χ2v) is 10.1. The van der Waals surface area contributed by atoms with Crippen molar-refractivity contribution in [2.75, 3.05) is 19.7 Å². The van der Waals surface area contributed by atoms with E-state index < -0.39 is 42.7 Å². The highest BCUT2D eigenvalue weighted by atomic mass is 35.5. The number of Topliss-reactive ketones (excluding diaryl/α,β-unsaturated/α-hetero) is 1. The van der Waals surface area contributed by atoms with Crippen molar-refractivity contribution in [2.24, 2.45) is 0 Å². The zero-order valence-electron chi connectivity index (χ0n) is 19.2. The second-order valence-electron chi connectivity index (χ2n) is 9.74. The van der Waals surface area contributed by atoms with Gasteiger partial charge in [0.25, 0.3) is 0 Å². The largest absolute Gasteiger partial charge is 0.486 e. The van der Waals surface area contributed by atoms with Crippen LogP contribution in [0.1, 0.15) is 52.4 Å². The number of aliphatic hydroxyl groups is 4. The number of benzene rings is 2. The number of fused-ring (bicyclic) bond motifs is 1. The fraction of sp³-hybridized carbons (Fsp3) is 0.500. The van der Waals surface area contributed by atoms with Crippen LogP contribution in [0.15, 0.2) is 36.4 Å². The molecule has 5 N–H and O–H groups in total. The van der Waals surface area contributed by atoms with Gasteiger partial charge >= 0.3 is 0 Å². The number of nitrogens with one attached hydrogen (secondary N) is 1. The molecule has 1 spiro atoms. The van der Waals surface area contributed by atoms with Gasteiger partial charge in [-0.2, -0.15) is 0 Å². The van der Waals surface area contributed by atoms with Gasteiger partial charge in [0.2, 0.25) is 0 Å². The predicted molar refractivity (Wildman–Crippen MR) is 128 cm³/mol. The highest BCUT2D eigenvalue weighted by Crippen LogP contribution is 2.39. The normalized spacial score (nSPS) is 30.1. The molecule has 188 valence electrons. The van der Waals surface area contributed by atoms with Crippen molar-refractivity contribution in [1.29, 1.82) is 0 Å². The third-order valence-corrected chi connectivity index (χ3v) is 7.72. The Morgan fingerprint density at radius 3 is 2.54 bits per heavy atom. The molecule has 2 saturated heterocycles. The van der Waals surface area contributed by atoms with Crippen molar-refractivity contribution in [3.05, 3.63) is 63.7 Å². The summed E-state index contributed by atoms with van der Waals surface area (Å²) in [7, 11) is 0. The monoisotopic (exact) mass is 503 g/mol. The van der Waals surface area contributed by atoms with E-state index in [0.717, 1.165) is 37.1 Å². The third-order valence-electron chi connectivity index (χ3n) is 7.35. The Morgan fingerprint density at radius 2 is 1.80 bits per heavy atom. The first-order valence-electron chi connectivity index (χ1n) is 11.9. The minimum Gasteiger partial charge on any atom is -0.486 e. The van der Waals surface area contributed by atoms with Gasteiger partial charge in [-0.3, -0.25) is 4.79 Å². The minimum atomic E-state index is -1.46. The Labute approximate surface area is 208 Å². The number of hydrogen-bond donors (Lipinski definition) is 5. The summed E-state index contributed by atoms with van der Waals surface area (Å²) in [6, 6.07) is 10.8. The Bertz CT molecular complexity index is 1100. The minimum absolute atomic E-state index is 0.0798. The fourth-order valence-corrected chi connectivity index (χ4v) is 5.50. The molecule has 9 heteroatoms. The van der Waals surface area contributed by atoms with Gasteiger partial charge in [-0.25, -0.2) is 0 Å². The van der Waals surface area contributed by atoms with Crippen LogP contribution in [-0.2, 0) is 11.2 Å². The quantitative estimate of drug-likeness (QED) is 0.425. The highest BCUT2D eigenvalue weighted by Gasteiger charge is 2.44. The average Bonchev–Trinajstić information content (AvgIpc) is 2.85. The van der Waals surface area contributed by atoms with Gasteiger partial charge in [0.15, 0.2) is 5.78 Å². The summed E-state index contributed by atoms with van der Waals surface area (Å²) >= 11 is 6.47. The van der Waals surface area contributed by atoms with Gasteiger partial charge in [0, 0.05) is 17.9 Å². The molecule has 35 heavy (non-hydrogen) atoms. The van der Waals surface area contributed by atoms with E-state index in [4.69, 9.17) is 21.1 Å². The Balaban J connectivity index is 1.38. The first-order valence-corrected chi connectivity index (χ1v) is 12.3. The van der Waals surface area contributed by atoms with Crippen LogP contribution >= 0.6 is 11.6 Å². The fourth-order valence-electron chi connectivity index (χ4n) is 5.32. The van der Waals surface area contributed by atoms with E-state index in [1.165, 1.54) is 0 Å². The standard InChI is InChI=1S/C26H30ClNO7/c27-18-3-2-15(25-24(33)23(32)22(31)21(13-29)34-25)11-16(18)9-14-1-4-20-17(10-14)19(30)12-26(35-20)5-7-28-8-6-26/h1-4,10-11,21-25,28-29,31-33H,5-9,12-13H2. The number of piperidine rings is 1. The summed E-state index contributed by atoms with van der Waals surface area (Å²) in [6.45, 7) is 1.18. The summed E-state index contributed by atoms with van der Waals surface area (Å²) in [6.07, 6.45) is -3.77. The topological polar surface area (TPSA) is 128 Å². The van der Waals surface area contributed by atoms with Crippen molar-refractivity contribution in [3.8, 4) is 5.75 Å². The molecule has 2 aromatic carbocycles. The van der Waals surface area contributed by atoms with Gasteiger partial charge in [0.1, 0.15) is 41.9 Å². The van der Waals surface area contributed by atoms with E-state index in [9.17, 15) is 25.2 Å². The second kappa shape index (κ2) is 9.78. The van der Waals surface area contributed by atoms with E-state index >= 15 is 0 Å². The molecule has 0 aliphatic carbocycles. The zero-order chi connectivity index (χ0) is 24.7. The van der Waals surface area contributed by atoms with Crippen LogP contribution in [0.25, 0.3) is 0 Å². The van der Waals surface area contributed by atoms with E-state index in [0.29, 0.717) is 34.7 Å². The number of halogens is 1. The predicted octanol–water partition coefficient (Wildman–Crippen LogP) is 1.53. The lowest BCUT2D eigenvalue weighted by Gasteiger charge is -2.41. The Morgan fingerprint density at radius 1 is 1.03 bits per heavy atom. The number of hydrogen-bond acceptors (Lipinski definition) is 8. The zero-order valence-corrected chi connectivity index (χ0v) is 19.9. The van der Waals surface area contributed by atoms with Crippen LogP contribution in [0.3, 0.4) is 0 Å². The molecule has 0 radical (unpaired) electrons. The van der Waals surface area contributed by atoms with E-state index in [-0.39, 0.29) is 5.78 Å². The van der Waals surface area contributed by atoms with Crippen LogP contribution < -0.4 is 10.1 Å². The number of ketones is 1. The van der Waals surface area contributed by atoms with Crippen molar-refractivity contribution in [3.63, 3.8) is 0 Å². The highest BCUT2D eigenvalue weighted by molar-refractivity contribution is 6.31. The van der Waals surface area contributed by atoms with Crippen molar-refractivity contribution in [2.45, 2.75) is 61.8 Å². The first-order chi connectivity index (χ1) is 16.8. The molecule has 5 atom stereocenters. The van der Waals surface area contributed by atoms with Crippen LogP contribution in [0, 0.1) is 0 Å². The smallest absolute Gasteiger partial charge is 0.170 e. The van der Waals surface area contributed by atoms with Gasteiger partial charge in [-0.15, -0.1) is 0 Å². The summed E-state index contributed by atoms with van der Waals surface area (Å²) in [5, 5.41) is 44.0. The van der Waals surface area contributed by atoms with Crippen LogP contribution in [-0.4, -0.2) is 75.9 Å². The number of carbonyl (C=O) groups excluding carboxylic acids is 1. The van der Waals surface area contributed by atoms with Gasteiger partial charge in [-0.1, -0.05) is 29.8 Å². The van der Waals surface area contributed by atoms with Gasteiger partial charge in [-0.05, 0) is 54.4 Å². The molecule has 0 bridgehead atoms. The lowest BCUT2D eigenvalue weighted by Crippen LogP contribution is -2.55. The Hall–Kier alpha value is -2.04. The van der Waals surface area contributed by atoms with E-state index in [2.05, 4.69) is 5.32 Å². The van der Waals surface area contributed by atoms with Crippen LogP contribution in [0.2, 0.25) is 5.02 Å². The van der Waals surface area contributed by atoms with E-state index in [1.54, 1.807) is 18.2 Å². The Kier molecular flexibility index (Phi) is 6.89. The number of aliphatic hydroxyl groups excluding tert-OH is 4. The van der Waals surface area contributed by atoms with Crippen LogP contribution in [0.5, 0.6) is 5.75 Å². The molecule has 5 rings (SSSR count). The lowest BCUT2D eigenvalue weighted by atomic mass is 9.82. The van der Waals surface area contributed by atoms with E-state index in [1.807, 2.05) is 18.2 Å². The molecular formula is C26H30ClNO7. The number of ether oxygens (including phenoxy) is 2. The third kappa shape index (κ3) is 4.72. The first kappa shape index (κ1) is 24.6. The molecule has 0 amide bonds. The molecular weight excluding hydrogens is 474 g/mol. The number of carbonyl (C=O) groups is 1. The molecule has 8 nitrogen and oxygen atoms in total. The molecule has 3 aliphatic heterocycles. The molecule has 3 aliphatic rings. The van der Waals surface area contributed by atoms with Crippen molar-refractivity contribution in [1.82, 2.24) is 5.32 Å². The molecule has 2 fully saturated rings. The van der Waals surface area contributed by atoms with Gasteiger partial charge < -0.3 is 35.2 Å². The summed E-state index contributed by atoms with van der Waals surface area (Å²) < 4.78 is 12.0. The van der Waals surface area contributed by atoms with Crippen LogP contribution in [0.4, 0.5) is 0 Å². The summed E-state index contributed by atoms with van der Waals surface area (Å²) in [4.78, 5) is 13.0. The molecule has 3 heterocycles. The number of rotatable bonds is 4.